The second kappa shape index (κ2) is 10.9. The fourth-order valence-electron chi connectivity index (χ4n) is 2.97. The maximum Gasteiger partial charge on any atom is 0.307 e. The first-order valence-electron chi connectivity index (χ1n) is 9.91. The quantitative estimate of drug-likeness (QED) is 0.290. The van der Waals surface area contributed by atoms with Gasteiger partial charge >= 0.3 is 5.97 Å². The third-order valence-electron chi connectivity index (χ3n) is 4.51. The number of nitrogens with zero attached hydrogens (tertiary/aromatic N) is 2. The van der Waals surface area contributed by atoms with Crippen molar-refractivity contribution in [2.24, 2.45) is 5.16 Å². The highest BCUT2D eigenvalue weighted by molar-refractivity contribution is 6.00. The van der Waals surface area contributed by atoms with Crippen molar-refractivity contribution in [2.45, 2.75) is 19.8 Å². The Kier molecular flexibility index (Phi) is 7.70. The van der Waals surface area contributed by atoms with E-state index in [1.165, 1.54) is 12.1 Å². The van der Waals surface area contributed by atoms with Crippen LogP contribution in [0.3, 0.4) is 0 Å². The van der Waals surface area contributed by atoms with Crippen LogP contribution in [0.4, 0.5) is 4.39 Å². The zero-order valence-corrected chi connectivity index (χ0v) is 17.1. The molecule has 0 unspecified atom stereocenters. The first kappa shape index (κ1) is 22.0. The Labute approximate surface area is 180 Å². The van der Waals surface area contributed by atoms with E-state index in [-0.39, 0.29) is 24.5 Å². The molecule has 0 aliphatic rings. The highest BCUT2D eigenvalue weighted by atomic mass is 19.1. The van der Waals surface area contributed by atoms with Gasteiger partial charge in [0.1, 0.15) is 6.61 Å². The summed E-state index contributed by atoms with van der Waals surface area (Å²) in [5.41, 5.74) is 3.71. The van der Waals surface area contributed by atoms with Crippen molar-refractivity contribution in [1.82, 2.24) is 4.98 Å². The van der Waals surface area contributed by atoms with Crippen LogP contribution in [0.15, 0.2) is 72.0 Å². The molecule has 0 amide bonds. The van der Waals surface area contributed by atoms with Crippen molar-refractivity contribution in [3.8, 4) is 17.0 Å². The molecule has 6 nitrogen and oxygen atoms in total. The summed E-state index contributed by atoms with van der Waals surface area (Å²) in [5.74, 6) is -1.78. The minimum atomic E-state index is -1.10. The van der Waals surface area contributed by atoms with Gasteiger partial charge in [-0.15, -0.1) is 0 Å². The van der Waals surface area contributed by atoms with Gasteiger partial charge in [0.15, 0.2) is 18.2 Å². The lowest BCUT2D eigenvalue weighted by Gasteiger charge is -2.09. The average molecular weight is 422 g/mol. The Morgan fingerprint density at radius 2 is 1.87 bits per heavy atom. The molecule has 1 N–H and O–H groups in total. The van der Waals surface area contributed by atoms with E-state index in [0.29, 0.717) is 6.42 Å². The molecule has 0 bridgehead atoms. The van der Waals surface area contributed by atoms with E-state index in [0.717, 1.165) is 22.5 Å². The number of pyridine rings is 1. The van der Waals surface area contributed by atoms with Gasteiger partial charge in [0.05, 0.1) is 17.8 Å². The molecular weight excluding hydrogens is 399 g/mol. The fraction of sp³-hybridized carbons (Fsp3) is 0.208. The first-order valence-corrected chi connectivity index (χ1v) is 9.91. The maximum atomic E-state index is 14.2. The van der Waals surface area contributed by atoms with E-state index < -0.39 is 18.2 Å². The molecule has 2 aromatic carbocycles. The Morgan fingerprint density at radius 3 is 2.55 bits per heavy atom. The summed E-state index contributed by atoms with van der Waals surface area (Å²) in [4.78, 5) is 20.5. The zero-order valence-electron chi connectivity index (χ0n) is 17.1. The topological polar surface area (TPSA) is 81.0 Å². The van der Waals surface area contributed by atoms with Gasteiger partial charge in [0.25, 0.3) is 0 Å². The smallest absolute Gasteiger partial charge is 0.307 e. The van der Waals surface area contributed by atoms with E-state index in [9.17, 15) is 9.18 Å². The number of carboxylic acid groups (broad SMARTS) is 1. The summed E-state index contributed by atoms with van der Waals surface area (Å²) in [6.45, 7) is 2.18. The molecule has 0 radical (unpaired) electrons. The molecule has 31 heavy (non-hydrogen) atoms. The van der Waals surface area contributed by atoms with Crippen LogP contribution in [-0.4, -0.2) is 35.0 Å². The molecule has 3 aromatic rings. The standard InChI is InChI=1S/C24H23FN2O4/c1-2-20(17-9-11-18(12-10-17)21-7-3-4-13-26-21)27-31-15-14-30-22-8-5-6-19(24(22)25)16-23(28)29/h3-13H,2,14-16H2,1H3,(H,28,29). The summed E-state index contributed by atoms with van der Waals surface area (Å²) in [6.07, 6.45) is 2.03. The van der Waals surface area contributed by atoms with Gasteiger partial charge < -0.3 is 14.7 Å². The van der Waals surface area contributed by atoms with Crippen molar-refractivity contribution in [1.29, 1.82) is 0 Å². The molecule has 1 heterocycles. The first-order chi connectivity index (χ1) is 15.1. The van der Waals surface area contributed by atoms with Gasteiger partial charge in [-0.25, -0.2) is 4.39 Å². The third-order valence-corrected chi connectivity index (χ3v) is 4.51. The largest absolute Gasteiger partial charge is 0.487 e. The molecule has 7 heteroatoms. The average Bonchev–Trinajstić information content (AvgIpc) is 2.79. The normalized spacial score (nSPS) is 11.2. The summed E-state index contributed by atoms with van der Waals surface area (Å²) in [6, 6.07) is 18.1. The predicted molar refractivity (Wildman–Crippen MR) is 116 cm³/mol. The number of carbonyl (C=O) groups is 1. The number of carboxylic acids is 1. The molecular formula is C24H23FN2O4. The van der Waals surface area contributed by atoms with Gasteiger partial charge in [0, 0.05) is 17.3 Å². The van der Waals surface area contributed by atoms with Crippen molar-refractivity contribution < 1.29 is 23.9 Å². The number of aromatic nitrogens is 1. The van der Waals surface area contributed by atoms with E-state index in [2.05, 4.69) is 10.1 Å². The Hall–Kier alpha value is -3.74. The number of ether oxygens (including phenoxy) is 1. The van der Waals surface area contributed by atoms with Crippen LogP contribution < -0.4 is 4.74 Å². The summed E-state index contributed by atoms with van der Waals surface area (Å²) < 4.78 is 19.6. The van der Waals surface area contributed by atoms with Gasteiger partial charge in [-0.1, -0.05) is 54.5 Å². The third kappa shape index (κ3) is 6.12. The number of aliphatic carboxylic acids is 1. The number of hydrogen-bond donors (Lipinski definition) is 1. The molecule has 0 atom stereocenters. The van der Waals surface area contributed by atoms with Crippen molar-refractivity contribution in [3.05, 3.63) is 83.8 Å². The lowest BCUT2D eigenvalue weighted by molar-refractivity contribution is -0.136. The van der Waals surface area contributed by atoms with Gasteiger partial charge in [-0.3, -0.25) is 9.78 Å². The lowest BCUT2D eigenvalue weighted by atomic mass is 10.0. The van der Waals surface area contributed by atoms with Crippen molar-refractivity contribution in [3.63, 3.8) is 0 Å². The molecule has 0 fully saturated rings. The van der Waals surface area contributed by atoms with E-state index in [1.54, 1.807) is 12.3 Å². The van der Waals surface area contributed by atoms with E-state index in [4.69, 9.17) is 14.7 Å². The van der Waals surface area contributed by atoms with Gasteiger partial charge in [-0.2, -0.15) is 0 Å². The SMILES string of the molecule is CCC(=NOCCOc1cccc(CC(=O)O)c1F)c1ccc(-c2ccccn2)cc1. The van der Waals surface area contributed by atoms with Crippen LogP contribution in [0.5, 0.6) is 5.75 Å². The Morgan fingerprint density at radius 1 is 1.06 bits per heavy atom. The second-order valence-electron chi connectivity index (χ2n) is 6.67. The van der Waals surface area contributed by atoms with Crippen LogP contribution >= 0.6 is 0 Å². The highest BCUT2D eigenvalue weighted by Gasteiger charge is 2.12. The second-order valence-corrected chi connectivity index (χ2v) is 6.67. The molecule has 3 rings (SSSR count). The number of benzene rings is 2. The number of halogens is 1. The van der Waals surface area contributed by atoms with Crippen molar-refractivity contribution in [2.75, 3.05) is 13.2 Å². The minimum Gasteiger partial charge on any atom is -0.487 e. The molecule has 0 saturated heterocycles. The fourth-order valence-corrected chi connectivity index (χ4v) is 2.97. The van der Waals surface area contributed by atoms with E-state index >= 15 is 0 Å². The molecule has 0 spiro atoms. The van der Waals surface area contributed by atoms with Crippen LogP contribution in [0.1, 0.15) is 24.5 Å². The van der Waals surface area contributed by atoms with Crippen molar-refractivity contribution >= 4 is 11.7 Å². The van der Waals surface area contributed by atoms with E-state index in [1.807, 2.05) is 49.4 Å². The molecule has 0 aliphatic carbocycles. The summed E-state index contributed by atoms with van der Waals surface area (Å²) in [7, 11) is 0. The van der Waals surface area contributed by atoms with Crippen LogP contribution in [0.25, 0.3) is 11.3 Å². The van der Waals surface area contributed by atoms with Crippen LogP contribution in [-0.2, 0) is 16.1 Å². The van der Waals surface area contributed by atoms with Gasteiger partial charge in [0.2, 0.25) is 0 Å². The molecule has 0 aliphatic heterocycles. The molecule has 1 aromatic heterocycles. The monoisotopic (exact) mass is 422 g/mol. The highest BCUT2D eigenvalue weighted by Crippen LogP contribution is 2.21. The van der Waals surface area contributed by atoms with Crippen LogP contribution in [0, 0.1) is 5.82 Å². The summed E-state index contributed by atoms with van der Waals surface area (Å²) in [5, 5.41) is 13.0. The predicted octanol–water partition coefficient (Wildman–Crippen LogP) is 4.72. The number of oxime groups is 1. The molecule has 0 saturated carbocycles. The maximum absolute atomic E-state index is 14.2. The summed E-state index contributed by atoms with van der Waals surface area (Å²) >= 11 is 0. The zero-order chi connectivity index (χ0) is 22.1. The Bertz CT molecular complexity index is 1040. The van der Waals surface area contributed by atoms with Crippen LogP contribution in [0.2, 0.25) is 0 Å². The number of hydrogen-bond acceptors (Lipinski definition) is 5. The van der Waals surface area contributed by atoms with Gasteiger partial charge in [-0.05, 0) is 30.2 Å². The molecule has 160 valence electrons. The number of rotatable bonds is 10. The lowest BCUT2D eigenvalue weighted by Crippen LogP contribution is -2.09. The Balaban J connectivity index is 1.55. The minimum absolute atomic E-state index is 0.00726.